The number of fused-ring (bicyclic) bond motifs is 1. The van der Waals surface area contributed by atoms with Crippen molar-refractivity contribution >= 4 is 41.8 Å². The second-order valence-corrected chi connectivity index (χ2v) is 14.6. The summed E-state index contributed by atoms with van der Waals surface area (Å²) in [6, 6.07) is 28.9. The summed E-state index contributed by atoms with van der Waals surface area (Å²) < 4.78 is 21.8. The summed E-state index contributed by atoms with van der Waals surface area (Å²) in [6.45, 7) is 6.17. The van der Waals surface area contributed by atoms with Crippen LogP contribution in [0.5, 0.6) is 0 Å². The summed E-state index contributed by atoms with van der Waals surface area (Å²) in [6.07, 6.45) is 1.29. The van der Waals surface area contributed by atoms with Gasteiger partial charge in [-0.05, 0) is 43.3 Å². The zero-order chi connectivity index (χ0) is 30.7. The molecule has 5 aromatic rings. The lowest BCUT2D eigenvalue weighted by molar-refractivity contribution is -0.0468. The van der Waals surface area contributed by atoms with Crippen LogP contribution in [0.3, 0.4) is 0 Å². The summed E-state index contributed by atoms with van der Waals surface area (Å²) in [5.74, 6) is -0.00581. The first kappa shape index (κ1) is 29.8. The lowest BCUT2D eigenvalue weighted by atomic mass is 10.2. The van der Waals surface area contributed by atoms with Crippen LogP contribution in [0.2, 0.25) is 0 Å². The van der Waals surface area contributed by atoms with E-state index in [0.717, 1.165) is 10.4 Å². The fourth-order valence-corrected chi connectivity index (χ4v) is 8.87. The quantitative estimate of drug-likeness (QED) is 0.242. The van der Waals surface area contributed by atoms with Crippen molar-refractivity contribution in [1.82, 2.24) is 19.5 Å². The van der Waals surface area contributed by atoms with Gasteiger partial charge in [-0.15, -0.1) is 0 Å². The van der Waals surface area contributed by atoms with Gasteiger partial charge < -0.3 is 24.0 Å². The molecule has 10 nitrogen and oxygen atoms in total. The first-order valence-corrected chi connectivity index (χ1v) is 16.4. The normalized spacial score (nSPS) is 18.9. The summed E-state index contributed by atoms with van der Waals surface area (Å²) >= 11 is 0. The maximum absolute atomic E-state index is 12.8. The maximum Gasteiger partial charge on any atom is 0.407 e. The molecule has 0 bridgehead atoms. The Hall–Kier alpha value is -4.26. The van der Waals surface area contributed by atoms with Gasteiger partial charge in [0.1, 0.15) is 18.7 Å². The van der Waals surface area contributed by atoms with Crippen LogP contribution in [-0.2, 0) is 13.6 Å². The number of nitrogens with zero attached hydrogens (tertiary/aromatic N) is 4. The number of nitrogens with one attached hydrogen (secondary N) is 1. The monoisotopic (exact) mass is 609 g/mol. The van der Waals surface area contributed by atoms with E-state index in [0.29, 0.717) is 29.0 Å². The van der Waals surface area contributed by atoms with Crippen molar-refractivity contribution in [1.29, 1.82) is 0 Å². The van der Waals surface area contributed by atoms with Gasteiger partial charge in [0, 0.05) is 12.0 Å². The molecule has 6 rings (SSSR count). The van der Waals surface area contributed by atoms with Crippen molar-refractivity contribution in [2.24, 2.45) is 0 Å². The van der Waals surface area contributed by atoms with E-state index in [1.807, 2.05) is 87.5 Å². The van der Waals surface area contributed by atoms with E-state index in [9.17, 15) is 9.90 Å². The standard InChI is InChI=1S/C33H35N5O5Si/c1-33(2,3)43-44(24-15-9-5-10-16-24,25-17-11-6-12-18-25)41-20-27-26(39)19-28(42-27)38-22-36-29-30(34-21-35-31(29)38)37-32(40)23-13-7-4-8-14-23/h4-18,21-22,26-28,39H,19-20H2,1-3H3,(H,34,35,37,40)/t26?,27-,28-/m1/s1. The van der Waals surface area contributed by atoms with Gasteiger partial charge in [-0.3, -0.25) is 9.36 Å². The average molecular weight is 610 g/mol. The largest absolute Gasteiger partial charge is 0.407 e. The molecule has 3 aromatic carbocycles. The third kappa shape index (κ3) is 6.19. The fourth-order valence-electron chi connectivity index (χ4n) is 5.39. The number of anilines is 1. The molecule has 11 heteroatoms. The molecule has 3 atom stereocenters. The van der Waals surface area contributed by atoms with Crippen LogP contribution < -0.4 is 15.7 Å². The highest BCUT2D eigenvalue weighted by Gasteiger charge is 2.47. The maximum atomic E-state index is 12.8. The number of hydrogen-bond donors (Lipinski definition) is 2. The van der Waals surface area contributed by atoms with Crippen LogP contribution in [0.15, 0.2) is 104 Å². The molecule has 0 aliphatic carbocycles. The van der Waals surface area contributed by atoms with Crippen molar-refractivity contribution in [3.63, 3.8) is 0 Å². The molecule has 1 saturated heterocycles. The highest BCUT2D eigenvalue weighted by molar-refractivity contribution is 6.92. The fraction of sp³-hybridized carbons (Fsp3) is 0.273. The lowest BCUT2D eigenvalue weighted by Gasteiger charge is -2.38. The summed E-state index contributed by atoms with van der Waals surface area (Å²) in [5.41, 5.74) is 0.909. The van der Waals surface area contributed by atoms with Crippen molar-refractivity contribution in [3.05, 3.63) is 109 Å². The number of carbonyl (C=O) groups excluding carboxylic acids is 1. The van der Waals surface area contributed by atoms with Crippen LogP contribution in [0.1, 0.15) is 43.8 Å². The number of aliphatic hydroxyl groups excluding tert-OH is 1. The van der Waals surface area contributed by atoms with Gasteiger partial charge >= 0.3 is 8.56 Å². The minimum atomic E-state index is -3.23. The van der Waals surface area contributed by atoms with Crippen LogP contribution in [0.25, 0.3) is 11.2 Å². The highest BCUT2D eigenvalue weighted by atomic mass is 28.4. The van der Waals surface area contributed by atoms with Crippen LogP contribution in [-0.4, -0.2) is 63.5 Å². The minimum absolute atomic E-state index is 0.115. The number of rotatable bonds is 9. The second kappa shape index (κ2) is 12.4. The van der Waals surface area contributed by atoms with Crippen molar-refractivity contribution < 1.29 is 23.5 Å². The Morgan fingerprint density at radius 3 is 2.18 bits per heavy atom. The molecule has 3 heterocycles. The van der Waals surface area contributed by atoms with E-state index >= 15 is 0 Å². The first-order chi connectivity index (χ1) is 21.2. The molecule has 1 fully saturated rings. The van der Waals surface area contributed by atoms with Gasteiger partial charge in [0.25, 0.3) is 5.91 Å². The van der Waals surface area contributed by atoms with E-state index < -0.39 is 32.6 Å². The smallest absolute Gasteiger partial charge is 0.390 e. The molecule has 2 N–H and O–H groups in total. The van der Waals surface area contributed by atoms with Gasteiger partial charge in [0.2, 0.25) is 0 Å². The summed E-state index contributed by atoms with van der Waals surface area (Å²) in [7, 11) is -3.23. The number of aliphatic hydroxyl groups is 1. The number of amides is 1. The molecule has 226 valence electrons. The average Bonchev–Trinajstić information content (AvgIpc) is 3.63. The topological polar surface area (TPSA) is 121 Å². The Bertz CT molecular complexity index is 1670. The van der Waals surface area contributed by atoms with Gasteiger partial charge in [0.15, 0.2) is 17.0 Å². The van der Waals surface area contributed by atoms with Crippen LogP contribution >= 0.6 is 0 Å². The predicted octanol–water partition coefficient (Wildman–Crippen LogP) is 3.82. The predicted molar refractivity (Wildman–Crippen MR) is 169 cm³/mol. The Morgan fingerprint density at radius 1 is 0.955 bits per heavy atom. The molecule has 0 spiro atoms. The SMILES string of the molecule is CC(C)(C)O[Si](OC[C@H]1O[C@@H](n2cnc3c(NC(=O)c4ccccc4)ncnc32)CC1O)(c1ccccc1)c1ccccc1. The first-order valence-electron chi connectivity index (χ1n) is 14.6. The Balaban J connectivity index is 1.24. The van der Waals surface area contributed by atoms with Crippen LogP contribution in [0, 0.1) is 0 Å². The molecule has 2 aromatic heterocycles. The molecule has 1 aliphatic rings. The third-order valence-electron chi connectivity index (χ3n) is 7.35. The molecule has 1 aliphatic heterocycles. The number of hydrogen-bond acceptors (Lipinski definition) is 8. The van der Waals surface area contributed by atoms with Crippen molar-refractivity contribution in [2.45, 2.75) is 51.2 Å². The molecule has 44 heavy (non-hydrogen) atoms. The molecular weight excluding hydrogens is 574 g/mol. The van der Waals surface area contributed by atoms with Crippen molar-refractivity contribution in [3.8, 4) is 0 Å². The Kier molecular flexibility index (Phi) is 8.39. The molecular formula is C33H35N5O5Si. The van der Waals surface area contributed by atoms with Crippen LogP contribution in [0.4, 0.5) is 5.82 Å². The molecule has 1 unspecified atom stereocenters. The molecule has 1 amide bonds. The number of benzene rings is 3. The Labute approximate surface area is 256 Å². The molecule has 0 saturated carbocycles. The zero-order valence-electron chi connectivity index (χ0n) is 24.8. The number of imidazole rings is 1. The van der Waals surface area contributed by atoms with Gasteiger partial charge in [-0.2, -0.15) is 0 Å². The van der Waals surface area contributed by atoms with E-state index in [1.165, 1.54) is 6.33 Å². The second-order valence-electron chi connectivity index (χ2n) is 11.7. The van der Waals surface area contributed by atoms with E-state index in [4.69, 9.17) is 13.6 Å². The van der Waals surface area contributed by atoms with E-state index in [-0.39, 0.29) is 12.5 Å². The minimum Gasteiger partial charge on any atom is -0.390 e. The highest BCUT2D eigenvalue weighted by Crippen LogP contribution is 2.33. The van der Waals surface area contributed by atoms with Gasteiger partial charge in [0.05, 0.1) is 24.6 Å². The summed E-state index contributed by atoms with van der Waals surface area (Å²) in [4.78, 5) is 25.9. The zero-order valence-corrected chi connectivity index (χ0v) is 25.8. The number of aromatic nitrogens is 4. The number of carbonyl (C=O) groups is 1. The van der Waals surface area contributed by atoms with Crippen molar-refractivity contribution in [2.75, 3.05) is 11.9 Å². The van der Waals surface area contributed by atoms with E-state index in [1.54, 1.807) is 35.2 Å². The number of ether oxygens (including phenoxy) is 1. The third-order valence-corrected chi connectivity index (χ3v) is 11.0. The lowest BCUT2D eigenvalue weighted by Crippen LogP contribution is -2.66. The van der Waals surface area contributed by atoms with E-state index in [2.05, 4.69) is 20.3 Å². The van der Waals surface area contributed by atoms with Gasteiger partial charge in [-0.25, -0.2) is 15.0 Å². The Morgan fingerprint density at radius 2 is 1.57 bits per heavy atom. The van der Waals surface area contributed by atoms with Gasteiger partial charge in [-0.1, -0.05) is 78.9 Å². The molecule has 0 radical (unpaired) electrons. The summed E-state index contributed by atoms with van der Waals surface area (Å²) in [5, 5.41) is 15.9.